The molecule has 1 amide bonds. The Bertz CT molecular complexity index is 511. The SMILES string of the molecule is O=C(O)CCCNC(=O)c1cccc(OCC2CCCO2)c1. The number of hydrogen-bond donors (Lipinski definition) is 2. The predicted molar refractivity (Wildman–Crippen MR) is 80.1 cm³/mol. The number of carboxylic acids is 1. The van der Waals surface area contributed by atoms with Crippen LogP contribution >= 0.6 is 0 Å². The summed E-state index contributed by atoms with van der Waals surface area (Å²) in [6.07, 6.45) is 2.66. The van der Waals surface area contributed by atoms with Gasteiger partial charge in [-0.15, -0.1) is 0 Å². The van der Waals surface area contributed by atoms with Crippen LogP contribution in [-0.4, -0.2) is 42.8 Å². The van der Waals surface area contributed by atoms with E-state index in [1.165, 1.54) is 0 Å². The first kappa shape index (κ1) is 16.3. The summed E-state index contributed by atoms with van der Waals surface area (Å²) in [6.45, 7) is 1.61. The molecule has 2 rings (SSSR count). The molecule has 1 fully saturated rings. The molecule has 6 nitrogen and oxygen atoms in total. The molecule has 0 bridgehead atoms. The van der Waals surface area contributed by atoms with Crippen LogP contribution in [0.2, 0.25) is 0 Å². The first-order valence-electron chi connectivity index (χ1n) is 7.49. The summed E-state index contributed by atoms with van der Waals surface area (Å²) < 4.78 is 11.1. The highest BCUT2D eigenvalue weighted by molar-refractivity contribution is 5.94. The Morgan fingerprint density at radius 1 is 1.41 bits per heavy atom. The molecule has 2 N–H and O–H groups in total. The van der Waals surface area contributed by atoms with Gasteiger partial charge in [-0.2, -0.15) is 0 Å². The maximum absolute atomic E-state index is 12.0. The number of carbonyl (C=O) groups excluding carboxylic acids is 1. The molecule has 1 unspecified atom stereocenters. The van der Waals surface area contributed by atoms with Gasteiger partial charge in [0.2, 0.25) is 0 Å². The van der Waals surface area contributed by atoms with Gasteiger partial charge in [-0.3, -0.25) is 9.59 Å². The van der Waals surface area contributed by atoms with Gasteiger partial charge >= 0.3 is 5.97 Å². The number of ether oxygens (including phenoxy) is 2. The van der Waals surface area contributed by atoms with Gasteiger partial charge in [0.05, 0.1) is 6.10 Å². The lowest BCUT2D eigenvalue weighted by molar-refractivity contribution is -0.137. The van der Waals surface area contributed by atoms with E-state index >= 15 is 0 Å². The van der Waals surface area contributed by atoms with Crippen molar-refractivity contribution in [3.8, 4) is 5.75 Å². The van der Waals surface area contributed by atoms with Gasteiger partial charge in [-0.25, -0.2) is 0 Å². The van der Waals surface area contributed by atoms with Gasteiger partial charge in [0.25, 0.3) is 5.91 Å². The van der Waals surface area contributed by atoms with Crippen LogP contribution in [0, 0.1) is 0 Å². The number of carboxylic acid groups (broad SMARTS) is 1. The van der Waals surface area contributed by atoms with Gasteiger partial charge in [0, 0.05) is 25.1 Å². The molecule has 0 radical (unpaired) electrons. The van der Waals surface area contributed by atoms with Crippen molar-refractivity contribution in [2.75, 3.05) is 19.8 Å². The number of carbonyl (C=O) groups is 2. The molecule has 6 heteroatoms. The highest BCUT2D eigenvalue weighted by Gasteiger charge is 2.16. The lowest BCUT2D eigenvalue weighted by Gasteiger charge is -2.12. The lowest BCUT2D eigenvalue weighted by atomic mass is 10.2. The minimum Gasteiger partial charge on any atom is -0.491 e. The fourth-order valence-electron chi connectivity index (χ4n) is 2.24. The lowest BCUT2D eigenvalue weighted by Crippen LogP contribution is -2.25. The van der Waals surface area contributed by atoms with Gasteiger partial charge in [-0.05, 0) is 37.5 Å². The monoisotopic (exact) mass is 307 g/mol. The third kappa shape index (κ3) is 5.37. The molecule has 120 valence electrons. The second kappa shape index (κ2) is 8.38. The molecule has 1 heterocycles. The highest BCUT2D eigenvalue weighted by atomic mass is 16.5. The normalized spacial score (nSPS) is 17.2. The second-order valence-corrected chi connectivity index (χ2v) is 5.23. The van der Waals surface area contributed by atoms with E-state index in [9.17, 15) is 9.59 Å². The van der Waals surface area contributed by atoms with Crippen LogP contribution < -0.4 is 10.1 Å². The first-order valence-corrected chi connectivity index (χ1v) is 7.49. The summed E-state index contributed by atoms with van der Waals surface area (Å²) in [5.74, 6) is -0.458. The first-order chi connectivity index (χ1) is 10.6. The standard InChI is InChI=1S/C16H21NO5/c18-15(19)7-2-8-17-16(20)12-4-1-5-13(10-12)22-11-14-6-3-9-21-14/h1,4-5,10,14H,2-3,6-9,11H2,(H,17,20)(H,18,19). The summed E-state index contributed by atoms with van der Waals surface area (Å²) >= 11 is 0. The van der Waals surface area contributed by atoms with Gasteiger partial charge < -0.3 is 19.9 Å². The van der Waals surface area contributed by atoms with E-state index in [0.717, 1.165) is 19.4 Å². The molecule has 1 aliphatic heterocycles. The van der Waals surface area contributed by atoms with E-state index in [2.05, 4.69) is 5.32 Å². The zero-order valence-corrected chi connectivity index (χ0v) is 12.4. The minimum absolute atomic E-state index is 0.0464. The van der Waals surface area contributed by atoms with Crippen molar-refractivity contribution in [3.05, 3.63) is 29.8 Å². The predicted octanol–water partition coefficient (Wildman–Crippen LogP) is 1.84. The zero-order chi connectivity index (χ0) is 15.8. The Morgan fingerprint density at radius 2 is 2.27 bits per heavy atom. The van der Waals surface area contributed by atoms with Crippen LogP contribution in [-0.2, 0) is 9.53 Å². The number of amides is 1. The van der Waals surface area contributed by atoms with Gasteiger partial charge in [0.1, 0.15) is 12.4 Å². The fourth-order valence-corrected chi connectivity index (χ4v) is 2.24. The average Bonchev–Trinajstić information content (AvgIpc) is 3.03. The molecule has 1 aliphatic rings. The van der Waals surface area contributed by atoms with E-state index in [0.29, 0.717) is 30.9 Å². The summed E-state index contributed by atoms with van der Waals surface area (Å²) in [7, 11) is 0. The number of rotatable bonds is 8. The van der Waals surface area contributed by atoms with E-state index in [1.807, 2.05) is 0 Å². The Kier molecular flexibility index (Phi) is 6.21. The summed E-state index contributed by atoms with van der Waals surface area (Å²) in [6, 6.07) is 6.94. The molecule has 0 aliphatic carbocycles. The van der Waals surface area contributed by atoms with E-state index in [1.54, 1.807) is 24.3 Å². The van der Waals surface area contributed by atoms with Crippen LogP contribution in [0.25, 0.3) is 0 Å². The van der Waals surface area contributed by atoms with Crippen molar-refractivity contribution in [1.29, 1.82) is 0 Å². The van der Waals surface area contributed by atoms with Crippen molar-refractivity contribution in [2.24, 2.45) is 0 Å². The van der Waals surface area contributed by atoms with Crippen LogP contribution in [0.15, 0.2) is 24.3 Å². The van der Waals surface area contributed by atoms with Crippen LogP contribution in [0.4, 0.5) is 0 Å². The molecular weight excluding hydrogens is 286 g/mol. The maximum atomic E-state index is 12.0. The number of hydrogen-bond acceptors (Lipinski definition) is 4. The molecule has 1 aromatic rings. The topological polar surface area (TPSA) is 84.9 Å². The Morgan fingerprint density at radius 3 is 3.00 bits per heavy atom. The third-order valence-corrected chi connectivity index (χ3v) is 3.41. The van der Waals surface area contributed by atoms with Crippen LogP contribution in [0.5, 0.6) is 5.75 Å². The van der Waals surface area contributed by atoms with Crippen molar-refractivity contribution >= 4 is 11.9 Å². The summed E-state index contributed by atoms with van der Waals surface area (Å²) in [5, 5.41) is 11.2. The molecule has 0 spiro atoms. The van der Waals surface area contributed by atoms with E-state index in [4.69, 9.17) is 14.6 Å². The molecule has 22 heavy (non-hydrogen) atoms. The quantitative estimate of drug-likeness (QED) is 0.716. The van der Waals surface area contributed by atoms with Crippen molar-refractivity contribution < 1.29 is 24.2 Å². The second-order valence-electron chi connectivity index (χ2n) is 5.23. The zero-order valence-electron chi connectivity index (χ0n) is 12.4. The largest absolute Gasteiger partial charge is 0.491 e. The van der Waals surface area contributed by atoms with Crippen molar-refractivity contribution in [2.45, 2.75) is 31.8 Å². The summed E-state index contributed by atoms with van der Waals surface area (Å²) in [5.41, 5.74) is 0.500. The maximum Gasteiger partial charge on any atom is 0.303 e. The van der Waals surface area contributed by atoms with Crippen molar-refractivity contribution in [3.63, 3.8) is 0 Å². The fraction of sp³-hybridized carbons (Fsp3) is 0.500. The molecule has 1 saturated heterocycles. The average molecular weight is 307 g/mol. The number of benzene rings is 1. The van der Waals surface area contributed by atoms with Crippen LogP contribution in [0.1, 0.15) is 36.0 Å². The van der Waals surface area contributed by atoms with E-state index in [-0.39, 0.29) is 18.4 Å². The Labute approximate surface area is 129 Å². The third-order valence-electron chi connectivity index (χ3n) is 3.41. The Balaban J connectivity index is 1.79. The number of aliphatic carboxylic acids is 1. The molecule has 1 aromatic carbocycles. The van der Waals surface area contributed by atoms with Gasteiger partial charge in [0.15, 0.2) is 0 Å². The number of nitrogens with one attached hydrogen (secondary N) is 1. The molecular formula is C16H21NO5. The summed E-state index contributed by atoms with van der Waals surface area (Å²) in [4.78, 5) is 22.4. The minimum atomic E-state index is -0.862. The van der Waals surface area contributed by atoms with E-state index < -0.39 is 5.97 Å². The molecule has 0 saturated carbocycles. The molecule has 1 atom stereocenters. The molecule has 0 aromatic heterocycles. The smallest absolute Gasteiger partial charge is 0.303 e. The highest BCUT2D eigenvalue weighted by Crippen LogP contribution is 2.17. The van der Waals surface area contributed by atoms with Crippen molar-refractivity contribution in [1.82, 2.24) is 5.32 Å². The van der Waals surface area contributed by atoms with Crippen LogP contribution in [0.3, 0.4) is 0 Å². The Hall–Kier alpha value is -2.08. The van der Waals surface area contributed by atoms with Gasteiger partial charge in [-0.1, -0.05) is 6.07 Å².